The van der Waals surface area contributed by atoms with E-state index in [9.17, 15) is 0 Å². The number of aromatic nitrogens is 2. The van der Waals surface area contributed by atoms with E-state index < -0.39 is 0 Å². The van der Waals surface area contributed by atoms with Gasteiger partial charge in [0, 0.05) is 22.5 Å². The van der Waals surface area contributed by atoms with Crippen LogP contribution in [0, 0.1) is 13.8 Å². The molecule has 2 heteroatoms. The van der Waals surface area contributed by atoms with Gasteiger partial charge in [-0.25, -0.2) is 4.98 Å². The van der Waals surface area contributed by atoms with Gasteiger partial charge in [-0.1, -0.05) is 66.2 Å². The molecule has 5 aromatic rings. The van der Waals surface area contributed by atoms with E-state index in [0.29, 0.717) is 0 Å². The number of rotatable bonds is 1. The van der Waals surface area contributed by atoms with Crippen LogP contribution in [0.5, 0.6) is 0 Å². The molecule has 0 bridgehead atoms. The molecule has 0 aliphatic heterocycles. The van der Waals surface area contributed by atoms with Crippen molar-refractivity contribution in [1.82, 2.24) is 9.38 Å². The summed E-state index contributed by atoms with van der Waals surface area (Å²) in [5.41, 5.74) is 6.98. The van der Waals surface area contributed by atoms with Gasteiger partial charge in [0.1, 0.15) is 5.65 Å². The van der Waals surface area contributed by atoms with Gasteiger partial charge in [0.2, 0.25) is 0 Å². The second-order valence-electron chi connectivity index (χ2n) is 6.70. The molecule has 0 fully saturated rings. The van der Waals surface area contributed by atoms with Crippen LogP contribution in [0.2, 0.25) is 0 Å². The molecule has 2 heterocycles. The van der Waals surface area contributed by atoms with Crippen LogP contribution in [0.1, 0.15) is 11.1 Å². The van der Waals surface area contributed by atoms with Crippen molar-refractivity contribution in [2.24, 2.45) is 0 Å². The van der Waals surface area contributed by atoms with E-state index >= 15 is 0 Å². The van der Waals surface area contributed by atoms with Crippen LogP contribution in [-0.2, 0) is 0 Å². The maximum absolute atomic E-state index is 5.01. The largest absolute Gasteiger partial charge is 0.298 e. The van der Waals surface area contributed by atoms with Crippen molar-refractivity contribution in [3.63, 3.8) is 0 Å². The van der Waals surface area contributed by atoms with Crippen molar-refractivity contribution < 1.29 is 0 Å². The third-order valence-corrected chi connectivity index (χ3v) is 4.99. The lowest BCUT2D eigenvalue weighted by Gasteiger charge is -2.07. The van der Waals surface area contributed by atoms with E-state index in [0.717, 1.165) is 11.3 Å². The zero-order valence-corrected chi connectivity index (χ0v) is 14.3. The number of nitrogens with zero attached hydrogens (tertiary/aromatic N) is 2. The molecule has 3 aromatic carbocycles. The Labute approximate surface area is 146 Å². The molecule has 25 heavy (non-hydrogen) atoms. The highest BCUT2D eigenvalue weighted by Gasteiger charge is 2.13. The standard InChI is InChI=1S/C23H18N2/c1-15-11-12-17(16(2)13-15)21-14-25-22-10-6-5-8-19(22)18-7-3-4-9-20(18)23(25)24-21/h3-14H,1-2H3. The fourth-order valence-electron chi connectivity index (χ4n) is 3.81. The van der Waals surface area contributed by atoms with Crippen molar-refractivity contribution >= 4 is 27.3 Å². The second kappa shape index (κ2) is 5.18. The molecule has 0 radical (unpaired) electrons. The van der Waals surface area contributed by atoms with Gasteiger partial charge in [0.05, 0.1) is 11.2 Å². The van der Waals surface area contributed by atoms with E-state index in [1.165, 1.54) is 38.4 Å². The van der Waals surface area contributed by atoms with Crippen LogP contribution in [0.25, 0.3) is 38.6 Å². The van der Waals surface area contributed by atoms with Gasteiger partial charge in [-0.05, 0) is 30.9 Å². The maximum Gasteiger partial charge on any atom is 0.145 e. The third-order valence-electron chi connectivity index (χ3n) is 4.99. The number of hydrogen-bond donors (Lipinski definition) is 0. The van der Waals surface area contributed by atoms with Gasteiger partial charge in [0.25, 0.3) is 0 Å². The summed E-state index contributed by atoms with van der Waals surface area (Å²) in [6.45, 7) is 4.28. The van der Waals surface area contributed by atoms with Crippen LogP contribution in [0.15, 0.2) is 72.9 Å². The first-order valence-corrected chi connectivity index (χ1v) is 8.58. The fraction of sp³-hybridized carbons (Fsp3) is 0.0870. The van der Waals surface area contributed by atoms with E-state index in [2.05, 4.69) is 91.2 Å². The smallest absolute Gasteiger partial charge is 0.145 e. The maximum atomic E-state index is 5.01. The van der Waals surface area contributed by atoms with E-state index in [1.54, 1.807) is 0 Å². The molecule has 0 unspecified atom stereocenters. The Bertz CT molecular complexity index is 1190. The Kier molecular flexibility index (Phi) is 2.95. The number of para-hydroxylation sites is 1. The monoisotopic (exact) mass is 322 g/mol. The fourth-order valence-corrected chi connectivity index (χ4v) is 3.81. The number of pyridine rings is 1. The Morgan fingerprint density at radius 3 is 2.28 bits per heavy atom. The predicted octanol–water partition coefficient (Wildman–Crippen LogP) is 5.92. The summed E-state index contributed by atoms with van der Waals surface area (Å²) in [7, 11) is 0. The summed E-state index contributed by atoms with van der Waals surface area (Å²) < 4.78 is 2.23. The molecule has 0 atom stereocenters. The van der Waals surface area contributed by atoms with Gasteiger partial charge in [0.15, 0.2) is 0 Å². The minimum absolute atomic E-state index is 1.02. The van der Waals surface area contributed by atoms with E-state index in [-0.39, 0.29) is 0 Å². The second-order valence-corrected chi connectivity index (χ2v) is 6.70. The number of benzene rings is 3. The van der Waals surface area contributed by atoms with Crippen molar-refractivity contribution in [3.8, 4) is 11.3 Å². The van der Waals surface area contributed by atoms with Crippen LogP contribution >= 0.6 is 0 Å². The molecule has 0 amide bonds. The lowest BCUT2D eigenvalue weighted by molar-refractivity contribution is 1.27. The molecule has 2 nitrogen and oxygen atoms in total. The topological polar surface area (TPSA) is 17.3 Å². The first kappa shape index (κ1) is 14.2. The van der Waals surface area contributed by atoms with Gasteiger partial charge >= 0.3 is 0 Å². The minimum Gasteiger partial charge on any atom is -0.298 e. The molecule has 0 aliphatic carbocycles. The minimum atomic E-state index is 1.02. The Balaban J connectivity index is 1.94. The number of fused-ring (bicyclic) bond motifs is 6. The first-order valence-electron chi connectivity index (χ1n) is 8.58. The normalized spacial score (nSPS) is 11.6. The summed E-state index contributed by atoms with van der Waals surface area (Å²) in [6, 6.07) is 23.6. The van der Waals surface area contributed by atoms with E-state index in [4.69, 9.17) is 4.98 Å². The van der Waals surface area contributed by atoms with Crippen molar-refractivity contribution in [2.75, 3.05) is 0 Å². The summed E-state index contributed by atoms with van der Waals surface area (Å²) >= 11 is 0. The molecule has 0 aliphatic rings. The van der Waals surface area contributed by atoms with Crippen molar-refractivity contribution in [3.05, 3.63) is 84.1 Å². The zero-order valence-electron chi connectivity index (χ0n) is 14.3. The average molecular weight is 322 g/mol. The average Bonchev–Trinajstić information content (AvgIpc) is 3.07. The number of hydrogen-bond acceptors (Lipinski definition) is 1. The van der Waals surface area contributed by atoms with Gasteiger partial charge in [-0.15, -0.1) is 0 Å². The van der Waals surface area contributed by atoms with Gasteiger partial charge in [-0.2, -0.15) is 0 Å². The van der Waals surface area contributed by atoms with Gasteiger partial charge in [-0.3, -0.25) is 4.40 Å². The third kappa shape index (κ3) is 2.07. The highest BCUT2D eigenvalue weighted by atomic mass is 15.0. The highest BCUT2D eigenvalue weighted by molar-refractivity contribution is 6.11. The molecule has 0 spiro atoms. The number of aryl methyl sites for hydroxylation is 2. The Morgan fingerprint density at radius 2 is 1.48 bits per heavy atom. The molecule has 0 saturated heterocycles. The summed E-state index contributed by atoms with van der Waals surface area (Å²) in [6.07, 6.45) is 2.17. The quantitative estimate of drug-likeness (QED) is 0.350. The molecule has 120 valence electrons. The summed E-state index contributed by atoms with van der Waals surface area (Å²) in [5.74, 6) is 0. The molecular weight excluding hydrogens is 304 g/mol. The zero-order chi connectivity index (χ0) is 17.0. The summed E-state index contributed by atoms with van der Waals surface area (Å²) in [5, 5.41) is 3.70. The lowest BCUT2D eigenvalue weighted by Crippen LogP contribution is -1.89. The van der Waals surface area contributed by atoms with Crippen LogP contribution in [0.4, 0.5) is 0 Å². The molecular formula is C23H18N2. The highest BCUT2D eigenvalue weighted by Crippen LogP contribution is 2.32. The Hall–Kier alpha value is -3.13. The molecule has 0 saturated carbocycles. The van der Waals surface area contributed by atoms with Gasteiger partial charge < -0.3 is 0 Å². The molecule has 0 N–H and O–H groups in total. The predicted molar refractivity (Wildman–Crippen MR) is 105 cm³/mol. The van der Waals surface area contributed by atoms with Crippen molar-refractivity contribution in [2.45, 2.75) is 13.8 Å². The summed E-state index contributed by atoms with van der Waals surface area (Å²) in [4.78, 5) is 5.01. The molecule has 2 aromatic heterocycles. The lowest BCUT2D eigenvalue weighted by atomic mass is 10.0. The van der Waals surface area contributed by atoms with Crippen LogP contribution < -0.4 is 0 Å². The van der Waals surface area contributed by atoms with E-state index in [1.807, 2.05) is 0 Å². The van der Waals surface area contributed by atoms with Crippen molar-refractivity contribution in [1.29, 1.82) is 0 Å². The van der Waals surface area contributed by atoms with Crippen LogP contribution in [-0.4, -0.2) is 9.38 Å². The SMILES string of the molecule is Cc1ccc(-c2cn3c4ccccc4c4ccccc4c3n2)c(C)c1. The van der Waals surface area contributed by atoms with Crippen LogP contribution in [0.3, 0.4) is 0 Å². The first-order chi connectivity index (χ1) is 12.2. The number of imidazole rings is 1. The molecule has 5 rings (SSSR count). The Morgan fingerprint density at radius 1 is 0.760 bits per heavy atom.